The molecule has 20 heavy (non-hydrogen) atoms. The zero-order chi connectivity index (χ0) is 14.1. The van der Waals surface area contributed by atoms with Crippen LogP contribution in [0.5, 0.6) is 5.75 Å². The number of carboxylic acid groups (broad SMARTS) is 1. The number of carbonyl (C=O) groups is 2. The molecular formula is C15H17NO4. The van der Waals surface area contributed by atoms with E-state index in [9.17, 15) is 9.59 Å². The van der Waals surface area contributed by atoms with Crippen molar-refractivity contribution in [2.75, 3.05) is 11.9 Å². The van der Waals surface area contributed by atoms with E-state index >= 15 is 0 Å². The lowest BCUT2D eigenvalue weighted by molar-refractivity contribution is -0.141. The van der Waals surface area contributed by atoms with Crippen molar-refractivity contribution >= 4 is 17.6 Å². The van der Waals surface area contributed by atoms with E-state index in [-0.39, 0.29) is 17.7 Å². The average Bonchev–Trinajstić information content (AvgIpc) is 3.07. The molecule has 0 unspecified atom stereocenters. The van der Waals surface area contributed by atoms with Gasteiger partial charge in [0.1, 0.15) is 5.75 Å². The van der Waals surface area contributed by atoms with Crippen LogP contribution in [0.4, 0.5) is 5.69 Å². The summed E-state index contributed by atoms with van der Waals surface area (Å²) in [6.45, 7) is 0.690. The molecule has 3 rings (SSSR count). The normalized spacial score (nSPS) is 24.0. The molecule has 1 fully saturated rings. The smallest absolute Gasteiger partial charge is 0.306 e. The monoisotopic (exact) mass is 275 g/mol. The molecule has 1 aromatic carbocycles. The quantitative estimate of drug-likeness (QED) is 0.885. The lowest BCUT2D eigenvalue weighted by atomic mass is 10.0. The number of benzene rings is 1. The number of amides is 1. The Kier molecular flexibility index (Phi) is 3.34. The second-order valence-corrected chi connectivity index (χ2v) is 5.46. The van der Waals surface area contributed by atoms with Gasteiger partial charge in [-0.3, -0.25) is 9.59 Å². The first-order valence-corrected chi connectivity index (χ1v) is 6.93. The van der Waals surface area contributed by atoms with E-state index in [2.05, 4.69) is 5.32 Å². The standard InChI is InChI=1S/C15H17NO4/c17-14(10-1-2-11(7-10)15(18)19)16-12-3-4-13-9(8-12)5-6-20-13/h3-4,8,10-11H,1-2,5-7H2,(H,16,17)(H,18,19)/t10-,11+/m0/s1. The zero-order valence-corrected chi connectivity index (χ0v) is 11.1. The summed E-state index contributed by atoms with van der Waals surface area (Å²) in [6.07, 6.45) is 2.54. The number of hydrogen-bond donors (Lipinski definition) is 2. The summed E-state index contributed by atoms with van der Waals surface area (Å²) in [6, 6.07) is 5.63. The van der Waals surface area contributed by atoms with Crippen LogP contribution in [-0.4, -0.2) is 23.6 Å². The molecule has 1 heterocycles. The lowest BCUT2D eigenvalue weighted by Crippen LogP contribution is -2.21. The first-order chi connectivity index (χ1) is 9.63. The SMILES string of the molecule is O=C(O)[C@@H]1CC[C@H](C(=O)Nc2ccc3c(c2)CCO3)C1. The molecule has 2 N–H and O–H groups in total. The first kappa shape index (κ1) is 13.0. The first-order valence-electron chi connectivity index (χ1n) is 6.93. The highest BCUT2D eigenvalue weighted by molar-refractivity contribution is 5.93. The highest BCUT2D eigenvalue weighted by Gasteiger charge is 2.33. The number of fused-ring (bicyclic) bond motifs is 1. The number of carboxylic acids is 1. The van der Waals surface area contributed by atoms with Gasteiger partial charge in [0.2, 0.25) is 5.91 Å². The topological polar surface area (TPSA) is 75.6 Å². The van der Waals surface area contributed by atoms with E-state index < -0.39 is 5.97 Å². The molecule has 0 spiro atoms. The maximum absolute atomic E-state index is 12.1. The Morgan fingerprint density at radius 2 is 2.05 bits per heavy atom. The molecular weight excluding hydrogens is 258 g/mol. The Labute approximate surface area is 116 Å². The minimum absolute atomic E-state index is 0.0763. The Morgan fingerprint density at radius 3 is 2.80 bits per heavy atom. The number of hydrogen-bond acceptors (Lipinski definition) is 3. The third-order valence-corrected chi connectivity index (χ3v) is 4.11. The molecule has 1 aliphatic carbocycles. The van der Waals surface area contributed by atoms with E-state index in [1.807, 2.05) is 18.2 Å². The maximum Gasteiger partial charge on any atom is 0.306 e. The molecule has 0 saturated heterocycles. The van der Waals surface area contributed by atoms with Crippen molar-refractivity contribution in [1.82, 2.24) is 0 Å². The second-order valence-electron chi connectivity index (χ2n) is 5.46. The van der Waals surface area contributed by atoms with Crippen molar-refractivity contribution in [3.8, 4) is 5.75 Å². The van der Waals surface area contributed by atoms with Crippen molar-refractivity contribution in [2.24, 2.45) is 11.8 Å². The molecule has 2 atom stereocenters. The molecule has 0 bridgehead atoms. The van der Waals surface area contributed by atoms with E-state index in [1.165, 1.54) is 0 Å². The zero-order valence-electron chi connectivity index (χ0n) is 11.1. The lowest BCUT2D eigenvalue weighted by Gasteiger charge is -2.11. The molecule has 1 aliphatic heterocycles. The van der Waals surface area contributed by atoms with Gasteiger partial charge < -0.3 is 15.2 Å². The van der Waals surface area contributed by atoms with Gasteiger partial charge in [-0.2, -0.15) is 0 Å². The van der Waals surface area contributed by atoms with Crippen LogP contribution < -0.4 is 10.1 Å². The molecule has 1 saturated carbocycles. The van der Waals surface area contributed by atoms with E-state index in [0.29, 0.717) is 25.9 Å². The number of aliphatic carboxylic acids is 1. The Bertz CT molecular complexity index is 555. The van der Waals surface area contributed by atoms with Gasteiger partial charge in [-0.15, -0.1) is 0 Å². The van der Waals surface area contributed by atoms with Crippen molar-refractivity contribution in [2.45, 2.75) is 25.7 Å². The van der Waals surface area contributed by atoms with Gasteiger partial charge in [0.15, 0.2) is 0 Å². The Morgan fingerprint density at radius 1 is 1.25 bits per heavy atom. The number of carbonyl (C=O) groups excluding carboxylic acids is 1. The van der Waals surface area contributed by atoms with Gasteiger partial charge >= 0.3 is 5.97 Å². The highest BCUT2D eigenvalue weighted by atomic mass is 16.5. The molecule has 0 radical (unpaired) electrons. The Balaban J connectivity index is 1.63. The van der Waals surface area contributed by atoms with Crippen LogP contribution in [0.25, 0.3) is 0 Å². The van der Waals surface area contributed by atoms with Gasteiger partial charge in [0.25, 0.3) is 0 Å². The van der Waals surface area contributed by atoms with Crippen molar-refractivity contribution in [1.29, 1.82) is 0 Å². The molecule has 2 aliphatic rings. The van der Waals surface area contributed by atoms with Crippen LogP contribution in [0, 0.1) is 11.8 Å². The molecule has 0 aromatic heterocycles. The molecule has 1 aromatic rings. The third kappa shape index (κ3) is 2.48. The fourth-order valence-corrected chi connectivity index (χ4v) is 2.95. The van der Waals surface area contributed by atoms with Crippen LogP contribution in [0.3, 0.4) is 0 Å². The predicted octanol–water partition coefficient (Wildman–Crippen LogP) is 2.06. The summed E-state index contributed by atoms with van der Waals surface area (Å²) < 4.78 is 5.42. The van der Waals surface area contributed by atoms with Crippen LogP contribution in [0.1, 0.15) is 24.8 Å². The van der Waals surface area contributed by atoms with Crippen molar-refractivity contribution < 1.29 is 19.4 Å². The minimum atomic E-state index is -0.796. The molecule has 5 heteroatoms. The summed E-state index contributed by atoms with van der Waals surface area (Å²) in [5.41, 5.74) is 1.87. The van der Waals surface area contributed by atoms with Crippen LogP contribution in [0.15, 0.2) is 18.2 Å². The van der Waals surface area contributed by atoms with E-state index in [1.54, 1.807) is 0 Å². The molecule has 1 amide bonds. The van der Waals surface area contributed by atoms with E-state index in [0.717, 1.165) is 23.4 Å². The number of ether oxygens (including phenoxy) is 1. The third-order valence-electron chi connectivity index (χ3n) is 4.11. The number of nitrogens with one attached hydrogen (secondary N) is 1. The summed E-state index contributed by atoms with van der Waals surface area (Å²) in [5, 5.41) is 11.8. The van der Waals surface area contributed by atoms with Gasteiger partial charge in [-0.25, -0.2) is 0 Å². The van der Waals surface area contributed by atoms with Gasteiger partial charge in [0.05, 0.1) is 12.5 Å². The van der Waals surface area contributed by atoms with E-state index in [4.69, 9.17) is 9.84 Å². The predicted molar refractivity (Wildman–Crippen MR) is 72.7 cm³/mol. The highest BCUT2D eigenvalue weighted by Crippen LogP contribution is 2.33. The van der Waals surface area contributed by atoms with Gasteiger partial charge in [-0.05, 0) is 43.0 Å². The fourth-order valence-electron chi connectivity index (χ4n) is 2.95. The van der Waals surface area contributed by atoms with Gasteiger partial charge in [0, 0.05) is 18.0 Å². The summed E-state index contributed by atoms with van der Waals surface area (Å²) in [4.78, 5) is 23.1. The van der Waals surface area contributed by atoms with Gasteiger partial charge in [-0.1, -0.05) is 0 Å². The van der Waals surface area contributed by atoms with Crippen LogP contribution >= 0.6 is 0 Å². The number of anilines is 1. The number of rotatable bonds is 3. The van der Waals surface area contributed by atoms with Crippen molar-refractivity contribution in [3.05, 3.63) is 23.8 Å². The fraction of sp³-hybridized carbons (Fsp3) is 0.467. The summed E-state index contributed by atoms with van der Waals surface area (Å²) >= 11 is 0. The Hall–Kier alpha value is -2.04. The maximum atomic E-state index is 12.1. The summed E-state index contributed by atoms with van der Waals surface area (Å²) in [5.74, 6) is -0.558. The summed E-state index contributed by atoms with van der Waals surface area (Å²) in [7, 11) is 0. The van der Waals surface area contributed by atoms with Crippen molar-refractivity contribution in [3.63, 3.8) is 0 Å². The largest absolute Gasteiger partial charge is 0.493 e. The van der Waals surface area contributed by atoms with Crippen LogP contribution in [0.2, 0.25) is 0 Å². The molecule has 5 nitrogen and oxygen atoms in total. The second kappa shape index (κ2) is 5.15. The minimum Gasteiger partial charge on any atom is -0.493 e. The molecule has 106 valence electrons. The average molecular weight is 275 g/mol. The van der Waals surface area contributed by atoms with Crippen LogP contribution in [-0.2, 0) is 16.0 Å².